The summed E-state index contributed by atoms with van der Waals surface area (Å²) < 4.78 is 33.2. The number of nitrogens with one attached hydrogen (secondary N) is 1. The summed E-state index contributed by atoms with van der Waals surface area (Å²) >= 11 is 0. The Hall–Kier alpha value is -2.87. The quantitative estimate of drug-likeness (QED) is 0.657. The van der Waals surface area contributed by atoms with E-state index in [1.54, 1.807) is 11.7 Å². The van der Waals surface area contributed by atoms with Crippen LogP contribution in [0.25, 0.3) is 17.1 Å². The molecule has 0 aliphatic heterocycles. The van der Waals surface area contributed by atoms with E-state index in [1.807, 2.05) is 31.2 Å². The molecule has 2 aromatic carbocycles. The van der Waals surface area contributed by atoms with Crippen molar-refractivity contribution in [2.24, 2.45) is 0 Å². The van der Waals surface area contributed by atoms with Gasteiger partial charge in [0.2, 0.25) is 16.0 Å². The fraction of sp³-hybridized carbons (Fsp3) is 0.333. The summed E-state index contributed by atoms with van der Waals surface area (Å²) in [5.41, 5.74) is 5.10. The molecule has 29 heavy (non-hydrogen) atoms. The minimum absolute atomic E-state index is 0.138. The van der Waals surface area contributed by atoms with Crippen LogP contribution < -0.4 is 9.46 Å². The molecule has 0 aliphatic rings. The third kappa shape index (κ3) is 4.42. The largest absolute Gasteiger partial charge is 0.497 e. The Morgan fingerprint density at radius 3 is 2.24 bits per heavy atom. The molecule has 0 spiro atoms. The van der Waals surface area contributed by atoms with Crippen LogP contribution in [0.2, 0.25) is 0 Å². The second-order valence-corrected chi connectivity index (χ2v) is 9.18. The standard InChI is InChI=1S/C21H26N4O3S/c1-13(2)18-12-19(15(4)11-14(18)3)20-22-23-21(24-29(6,26)27)25(20)16-7-9-17(28-5)10-8-16/h7-13H,1-6H3,(H,23,24). The van der Waals surface area contributed by atoms with Gasteiger partial charge in [-0.2, -0.15) is 0 Å². The van der Waals surface area contributed by atoms with Crippen molar-refractivity contribution in [2.45, 2.75) is 33.6 Å². The Kier molecular flexibility index (Phi) is 5.66. The predicted octanol–water partition coefficient (Wildman–Crippen LogP) is 4.05. The molecule has 154 valence electrons. The SMILES string of the molecule is COc1ccc(-n2c(NS(C)(=O)=O)nnc2-c2cc(C(C)C)c(C)cc2C)cc1. The van der Waals surface area contributed by atoms with E-state index < -0.39 is 10.0 Å². The first kappa shape index (κ1) is 20.9. The first-order valence-corrected chi connectivity index (χ1v) is 11.2. The second-order valence-electron chi connectivity index (χ2n) is 7.43. The monoisotopic (exact) mass is 414 g/mol. The van der Waals surface area contributed by atoms with E-state index in [9.17, 15) is 8.42 Å². The maximum atomic E-state index is 11.9. The third-order valence-corrected chi connectivity index (χ3v) is 5.30. The summed E-state index contributed by atoms with van der Waals surface area (Å²) in [5.74, 6) is 1.76. The molecular formula is C21H26N4O3S. The average Bonchev–Trinajstić information content (AvgIpc) is 3.03. The highest BCUT2D eigenvalue weighted by atomic mass is 32.2. The van der Waals surface area contributed by atoms with Crippen LogP contribution in [0.15, 0.2) is 36.4 Å². The van der Waals surface area contributed by atoms with Crippen LogP contribution in [-0.4, -0.2) is 36.5 Å². The molecule has 1 aromatic heterocycles. The molecule has 0 amide bonds. The molecule has 3 aromatic rings. The fourth-order valence-electron chi connectivity index (χ4n) is 3.40. The first-order valence-electron chi connectivity index (χ1n) is 9.30. The highest BCUT2D eigenvalue weighted by molar-refractivity contribution is 7.92. The van der Waals surface area contributed by atoms with Crippen molar-refractivity contribution in [3.05, 3.63) is 53.1 Å². The van der Waals surface area contributed by atoms with Gasteiger partial charge in [0, 0.05) is 5.56 Å². The van der Waals surface area contributed by atoms with Crippen LogP contribution in [0, 0.1) is 13.8 Å². The highest BCUT2D eigenvalue weighted by Crippen LogP contribution is 2.32. The summed E-state index contributed by atoms with van der Waals surface area (Å²) in [5, 5.41) is 8.46. The Bertz CT molecular complexity index is 1130. The van der Waals surface area contributed by atoms with Crippen LogP contribution in [0.5, 0.6) is 5.75 Å². The van der Waals surface area contributed by atoms with Gasteiger partial charge in [-0.3, -0.25) is 9.29 Å². The first-order chi connectivity index (χ1) is 13.6. The number of ether oxygens (including phenoxy) is 1. The average molecular weight is 415 g/mol. The second kappa shape index (κ2) is 7.87. The summed E-state index contributed by atoms with van der Waals surface area (Å²) in [6, 6.07) is 11.5. The summed E-state index contributed by atoms with van der Waals surface area (Å²) in [7, 11) is -1.93. The van der Waals surface area contributed by atoms with Gasteiger partial charge in [-0.15, -0.1) is 10.2 Å². The molecular weight excluding hydrogens is 388 g/mol. The smallest absolute Gasteiger partial charge is 0.243 e. The number of rotatable bonds is 6. The normalized spacial score (nSPS) is 11.7. The van der Waals surface area contributed by atoms with Gasteiger partial charge in [0.25, 0.3) is 0 Å². The number of methoxy groups -OCH3 is 1. The van der Waals surface area contributed by atoms with Crippen molar-refractivity contribution >= 4 is 16.0 Å². The van der Waals surface area contributed by atoms with E-state index >= 15 is 0 Å². The Labute approximate surface area is 171 Å². The van der Waals surface area contributed by atoms with Gasteiger partial charge < -0.3 is 4.74 Å². The number of nitrogens with zero attached hydrogens (tertiary/aromatic N) is 3. The summed E-state index contributed by atoms with van der Waals surface area (Å²) in [6.45, 7) is 8.40. The van der Waals surface area contributed by atoms with E-state index in [4.69, 9.17) is 4.74 Å². The lowest BCUT2D eigenvalue weighted by Crippen LogP contribution is -2.14. The number of sulfonamides is 1. The van der Waals surface area contributed by atoms with Crippen molar-refractivity contribution in [3.8, 4) is 22.8 Å². The topological polar surface area (TPSA) is 86.1 Å². The van der Waals surface area contributed by atoms with E-state index in [1.165, 1.54) is 11.1 Å². The highest BCUT2D eigenvalue weighted by Gasteiger charge is 2.21. The molecule has 7 nitrogen and oxygen atoms in total. The van der Waals surface area contributed by atoms with E-state index in [2.05, 4.69) is 47.8 Å². The zero-order valence-corrected chi connectivity index (χ0v) is 18.3. The van der Waals surface area contributed by atoms with Gasteiger partial charge in [-0.05, 0) is 66.8 Å². The molecule has 0 bridgehead atoms. The minimum Gasteiger partial charge on any atom is -0.497 e. The number of benzene rings is 2. The number of hydrogen-bond acceptors (Lipinski definition) is 5. The van der Waals surface area contributed by atoms with Gasteiger partial charge in [-0.25, -0.2) is 8.42 Å². The summed E-state index contributed by atoms with van der Waals surface area (Å²) in [4.78, 5) is 0. The third-order valence-electron chi connectivity index (χ3n) is 4.75. The fourth-order valence-corrected chi connectivity index (χ4v) is 3.86. The number of anilines is 1. The van der Waals surface area contributed by atoms with Gasteiger partial charge in [0.05, 0.1) is 19.1 Å². The maximum absolute atomic E-state index is 11.9. The number of aryl methyl sites for hydroxylation is 2. The summed E-state index contributed by atoms with van der Waals surface area (Å²) in [6.07, 6.45) is 1.09. The molecule has 3 rings (SSSR count). The van der Waals surface area contributed by atoms with Gasteiger partial charge in [0.15, 0.2) is 5.82 Å². The van der Waals surface area contributed by atoms with Crippen molar-refractivity contribution in [3.63, 3.8) is 0 Å². The molecule has 0 aliphatic carbocycles. The van der Waals surface area contributed by atoms with Crippen molar-refractivity contribution in [2.75, 3.05) is 18.1 Å². The van der Waals surface area contributed by atoms with Crippen LogP contribution in [-0.2, 0) is 10.0 Å². The van der Waals surface area contributed by atoms with E-state index in [0.717, 1.165) is 23.1 Å². The number of aromatic nitrogens is 3. The zero-order chi connectivity index (χ0) is 21.3. The van der Waals surface area contributed by atoms with Gasteiger partial charge in [0.1, 0.15) is 5.75 Å². The molecule has 8 heteroatoms. The molecule has 0 saturated carbocycles. The van der Waals surface area contributed by atoms with Crippen molar-refractivity contribution in [1.29, 1.82) is 0 Å². The van der Waals surface area contributed by atoms with Crippen LogP contribution in [0.3, 0.4) is 0 Å². The molecule has 0 unspecified atom stereocenters. The minimum atomic E-state index is -3.53. The van der Waals surface area contributed by atoms with Crippen molar-refractivity contribution < 1.29 is 13.2 Å². The van der Waals surface area contributed by atoms with Crippen LogP contribution >= 0.6 is 0 Å². The lowest BCUT2D eigenvalue weighted by Gasteiger charge is -2.16. The van der Waals surface area contributed by atoms with Gasteiger partial charge >= 0.3 is 0 Å². The Morgan fingerprint density at radius 2 is 1.69 bits per heavy atom. The molecule has 0 fully saturated rings. The molecule has 0 atom stereocenters. The predicted molar refractivity (Wildman–Crippen MR) is 115 cm³/mol. The lowest BCUT2D eigenvalue weighted by molar-refractivity contribution is 0.415. The van der Waals surface area contributed by atoms with Crippen LogP contribution in [0.4, 0.5) is 5.95 Å². The molecule has 0 saturated heterocycles. The molecule has 1 N–H and O–H groups in total. The Balaban J connectivity index is 2.26. The van der Waals surface area contributed by atoms with Gasteiger partial charge in [-0.1, -0.05) is 19.9 Å². The zero-order valence-electron chi connectivity index (χ0n) is 17.5. The molecule has 0 radical (unpaired) electrons. The maximum Gasteiger partial charge on any atom is 0.243 e. The van der Waals surface area contributed by atoms with Crippen LogP contribution in [0.1, 0.15) is 36.5 Å². The number of hydrogen-bond donors (Lipinski definition) is 1. The van der Waals surface area contributed by atoms with E-state index in [0.29, 0.717) is 17.5 Å². The molecule has 1 heterocycles. The van der Waals surface area contributed by atoms with Crippen molar-refractivity contribution in [1.82, 2.24) is 14.8 Å². The van der Waals surface area contributed by atoms with E-state index in [-0.39, 0.29) is 5.95 Å². The Morgan fingerprint density at radius 1 is 1.03 bits per heavy atom. The lowest BCUT2D eigenvalue weighted by atomic mass is 9.92.